The van der Waals surface area contributed by atoms with Crippen LogP contribution in [0.4, 0.5) is 5.82 Å². The summed E-state index contributed by atoms with van der Waals surface area (Å²) in [6.07, 6.45) is 1.74. The van der Waals surface area contributed by atoms with E-state index >= 15 is 0 Å². The predicted octanol–water partition coefficient (Wildman–Crippen LogP) is 3.87. The molecule has 0 aliphatic carbocycles. The van der Waals surface area contributed by atoms with Gasteiger partial charge in [-0.1, -0.05) is 12.1 Å². The van der Waals surface area contributed by atoms with E-state index < -0.39 is 6.04 Å². The molecule has 1 aliphatic heterocycles. The summed E-state index contributed by atoms with van der Waals surface area (Å²) >= 11 is 1.60. The number of fused-ring (bicyclic) bond motifs is 2. The highest BCUT2D eigenvalue weighted by atomic mass is 32.1. The molecule has 5 rings (SSSR count). The second kappa shape index (κ2) is 5.61. The Kier molecular flexibility index (Phi) is 3.23. The molecular weight excluding hydrogens is 348 g/mol. The first kappa shape index (κ1) is 15.0. The predicted molar refractivity (Wildman–Crippen MR) is 97.9 cm³/mol. The van der Waals surface area contributed by atoms with Gasteiger partial charge in [-0.2, -0.15) is 5.10 Å². The number of aliphatic imine (C=N–C) groups is 1. The van der Waals surface area contributed by atoms with Crippen molar-refractivity contribution in [2.75, 3.05) is 0 Å². The Bertz CT molecular complexity index is 1190. The van der Waals surface area contributed by atoms with Gasteiger partial charge in [0.1, 0.15) is 16.7 Å². The molecule has 2 unspecified atom stereocenters. The smallest absolute Gasteiger partial charge is 0.277 e. The molecule has 26 heavy (non-hydrogen) atoms. The highest BCUT2D eigenvalue weighted by molar-refractivity contribution is 7.12. The lowest BCUT2D eigenvalue weighted by atomic mass is 9.81. The number of H-pyrrole nitrogens is 1. The van der Waals surface area contributed by atoms with E-state index in [4.69, 9.17) is 16.2 Å². The summed E-state index contributed by atoms with van der Waals surface area (Å²) in [5, 5.41) is 17.1. The summed E-state index contributed by atoms with van der Waals surface area (Å²) < 4.78 is 4.92. The first-order valence-electron chi connectivity index (χ1n) is 8.02. The number of aromatic nitrogens is 4. The fraction of sp³-hybridized carbons (Fsp3) is 0.167. The maximum atomic E-state index is 7.90. The summed E-state index contributed by atoms with van der Waals surface area (Å²) in [5.41, 5.74) is 5.01. The third-order valence-electron chi connectivity index (χ3n) is 4.70. The van der Waals surface area contributed by atoms with Crippen molar-refractivity contribution in [1.82, 2.24) is 20.5 Å². The van der Waals surface area contributed by atoms with Crippen molar-refractivity contribution in [3.05, 3.63) is 68.8 Å². The third-order valence-corrected chi connectivity index (χ3v) is 5.74. The third kappa shape index (κ3) is 2.04. The fourth-order valence-electron chi connectivity index (χ4n) is 3.49. The summed E-state index contributed by atoms with van der Waals surface area (Å²) in [4.78, 5) is 9.73. The van der Waals surface area contributed by atoms with Crippen molar-refractivity contribution in [1.29, 1.82) is 0 Å². The van der Waals surface area contributed by atoms with Gasteiger partial charge in [-0.15, -0.1) is 11.3 Å². The van der Waals surface area contributed by atoms with E-state index in [2.05, 4.69) is 25.4 Å². The van der Waals surface area contributed by atoms with Gasteiger partial charge in [0.15, 0.2) is 5.82 Å². The van der Waals surface area contributed by atoms with Crippen LogP contribution in [0.15, 0.2) is 45.5 Å². The van der Waals surface area contributed by atoms with Crippen LogP contribution in [0.3, 0.4) is 0 Å². The minimum absolute atomic E-state index is 0.245. The number of nitrogens with zero attached hydrogens (tertiary/aromatic N) is 5. The van der Waals surface area contributed by atoms with Crippen LogP contribution >= 0.6 is 11.3 Å². The summed E-state index contributed by atoms with van der Waals surface area (Å²) in [6.45, 7) is 9.94. The molecular formula is C18H12N6OS. The number of thiophene rings is 1. The standard InChI is InChI=1S/C18H12N6OS/c1-9-6-7-26-17(9)16-15(19-2)13(11-8-20-22-18(11)21-16)10-4-3-5-12-14(10)24-25-23-12/h3-8,13,15H,1H3,(H,20,22). The first-order valence-corrected chi connectivity index (χ1v) is 8.90. The number of aromatic amines is 1. The van der Waals surface area contributed by atoms with Crippen molar-refractivity contribution >= 4 is 33.9 Å². The number of aryl methyl sites for hydroxylation is 1. The number of rotatable bonds is 2. The molecule has 1 N–H and O–H groups in total. The van der Waals surface area contributed by atoms with E-state index in [1.54, 1.807) is 17.5 Å². The Morgan fingerprint density at radius 3 is 2.96 bits per heavy atom. The molecule has 0 spiro atoms. The minimum Gasteiger partial charge on any atom is -0.306 e. The Morgan fingerprint density at radius 1 is 1.23 bits per heavy atom. The highest BCUT2D eigenvalue weighted by Gasteiger charge is 2.43. The van der Waals surface area contributed by atoms with E-state index in [9.17, 15) is 0 Å². The van der Waals surface area contributed by atoms with E-state index in [1.165, 1.54) is 0 Å². The van der Waals surface area contributed by atoms with E-state index in [0.717, 1.165) is 27.3 Å². The van der Waals surface area contributed by atoms with E-state index in [0.29, 0.717) is 16.9 Å². The monoisotopic (exact) mass is 360 g/mol. The van der Waals surface area contributed by atoms with E-state index in [-0.39, 0.29) is 5.92 Å². The lowest BCUT2D eigenvalue weighted by Gasteiger charge is -2.23. The van der Waals surface area contributed by atoms with Gasteiger partial charge in [0.2, 0.25) is 0 Å². The zero-order valence-corrected chi connectivity index (χ0v) is 14.5. The summed E-state index contributed by atoms with van der Waals surface area (Å²) in [6, 6.07) is 7.30. The molecule has 1 aromatic carbocycles. The Balaban J connectivity index is 1.78. The zero-order chi connectivity index (χ0) is 17.7. The fourth-order valence-corrected chi connectivity index (χ4v) is 4.44. The van der Waals surface area contributed by atoms with Crippen molar-refractivity contribution in [3.63, 3.8) is 0 Å². The second-order valence-corrected chi connectivity index (χ2v) is 7.05. The molecule has 4 aromatic rings. The van der Waals surface area contributed by atoms with E-state index in [1.807, 2.05) is 36.6 Å². The Labute approximate surface area is 152 Å². The Morgan fingerprint density at radius 2 is 2.15 bits per heavy atom. The molecule has 2 atom stereocenters. The van der Waals surface area contributed by atoms with Gasteiger partial charge in [0, 0.05) is 5.56 Å². The molecule has 1 aliphatic rings. The van der Waals surface area contributed by atoms with Crippen molar-refractivity contribution < 1.29 is 4.63 Å². The van der Waals surface area contributed by atoms with Crippen LogP contribution in [-0.2, 0) is 0 Å². The highest BCUT2D eigenvalue weighted by Crippen LogP contribution is 2.43. The molecule has 0 amide bonds. The largest absolute Gasteiger partial charge is 0.306 e. The normalized spacial score (nSPS) is 19.2. The number of hydrogen-bond donors (Lipinski definition) is 1. The van der Waals surface area contributed by atoms with Crippen LogP contribution in [0, 0.1) is 13.5 Å². The molecule has 0 bridgehead atoms. The molecule has 4 heterocycles. The number of benzene rings is 1. The molecule has 0 saturated carbocycles. The van der Waals surface area contributed by atoms with Gasteiger partial charge < -0.3 is 4.85 Å². The molecule has 126 valence electrons. The van der Waals surface area contributed by atoms with Gasteiger partial charge in [-0.3, -0.25) is 5.10 Å². The van der Waals surface area contributed by atoms with Crippen LogP contribution in [0.5, 0.6) is 0 Å². The molecule has 0 radical (unpaired) electrons. The molecule has 0 saturated heterocycles. The zero-order valence-electron chi connectivity index (χ0n) is 13.7. The van der Waals surface area contributed by atoms with Crippen LogP contribution in [0.1, 0.15) is 27.5 Å². The van der Waals surface area contributed by atoms with Gasteiger partial charge in [0.25, 0.3) is 6.04 Å². The first-order chi connectivity index (χ1) is 12.8. The van der Waals surface area contributed by atoms with Gasteiger partial charge >= 0.3 is 0 Å². The lowest BCUT2D eigenvalue weighted by Crippen LogP contribution is -2.29. The van der Waals surface area contributed by atoms with Crippen LogP contribution in [0.2, 0.25) is 0 Å². The average molecular weight is 360 g/mol. The van der Waals surface area contributed by atoms with Crippen molar-refractivity contribution in [3.8, 4) is 0 Å². The van der Waals surface area contributed by atoms with Gasteiger partial charge in [-0.05, 0) is 45.9 Å². The molecule has 0 fully saturated rings. The van der Waals surface area contributed by atoms with Gasteiger partial charge in [0.05, 0.1) is 17.0 Å². The molecule has 7 nitrogen and oxygen atoms in total. The van der Waals surface area contributed by atoms with Gasteiger partial charge in [-0.25, -0.2) is 16.2 Å². The molecule has 3 aromatic heterocycles. The lowest BCUT2D eigenvalue weighted by molar-refractivity contribution is 0.315. The maximum Gasteiger partial charge on any atom is 0.277 e. The summed E-state index contributed by atoms with van der Waals surface area (Å²) in [7, 11) is 0. The summed E-state index contributed by atoms with van der Waals surface area (Å²) in [5.74, 6) is 0.442. The SMILES string of the molecule is [C-]#[N+]C1C(c2sccc2C)=Nc2[nH]ncc2C1c1cccc2nonc12. The maximum absolute atomic E-state index is 7.90. The quantitative estimate of drug-likeness (QED) is 0.550. The Hall–Kier alpha value is -3.31. The average Bonchev–Trinajstić information content (AvgIpc) is 3.39. The molecule has 8 heteroatoms. The minimum atomic E-state index is -0.472. The topological polar surface area (TPSA) is 84.3 Å². The van der Waals surface area contributed by atoms with Crippen LogP contribution in [-0.4, -0.2) is 32.3 Å². The van der Waals surface area contributed by atoms with Crippen molar-refractivity contribution in [2.45, 2.75) is 18.9 Å². The van der Waals surface area contributed by atoms with Crippen molar-refractivity contribution in [2.24, 2.45) is 4.99 Å². The second-order valence-electron chi connectivity index (χ2n) is 6.13. The number of nitrogens with one attached hydrogen (secondary N) is 1. The number of hydrogen-bond acceptors (Lipinski definition) is 6. The van der Waals surface area contributed by atoms with Crippen LogP contribution < -0.4 is 0 Å². The van der Waals surface area contributed by atoms with Crippen LogP contribution in [0.25, 0.3) is 15.9 Å².